The number of hydrogen-bond acceptors (Lipinski definition) is 8. The molecule has 2 aromatic rings. The molecule has 0 bridgehead atoms. The smallest absolute Gasteiger partial charge is 0.234 e. The Labute approximate surface area is 218 Å². The van der Waals surface area contributed by atoms with E-state index < -0.39 is 0 Å². The number of nitrogens with one attached hydrogen (secondary N) is 3. The van der Waals surface area contributed by atoms with Crippen molar-refractivity contribution in [1.82, 2.24) is 20.6 Å². The minimum absolute atomic E-state index is 0.0251. The van der Waals surface area contributed by atoms with E-state index in [0.717, 1.165) is 49.1 Å². The SMILES string of the molecule is COc1cc2nc(NCCCNC(=O)CCl)nc(N3CCC(NC4CCCCC4)CC3)c2cc1OC. The Balaban J connectivity index is 1.48. The number of amides is 1. The highest BCUT2D eigenvalue weighted by atomic mass is 35.5. The summed E-state index contributed by atoms with van der Waals surface area (Å²) in [5.41, 5.74) is 0.804. The van der Waals surface area contributed by atoms with E-state index in [1.165, 1.54) is 32.1 Å². The largest absolute Gasteiger partial charge is 0.493 e. The maximum Gasteiger partial charge on any atom is 0.234 e. The van der Waals surface area contributed by atoms with Crippen LogP contribution in [0.5, 0.6) is 11.5 Å². The lowest BCUT2D eigenvalue weighted by Gasteiger charge is -2.36. The molecule has 1 aliphatic heterocycles. The number of carbonyl (C=O) groups is 1. The molecule has 9 nitrogen and oxygen atoms in total. The number of benzene rings is 1. The van der Waals surface area contributed by atoms with Crippen LogP contribution in [0.1, 0.15) is 51.4 Å². The van der Waals surface area contributed by atoms with Crippen molar-refractivity contribution in [3.05, 3.63) is 12.1 Å². The number of nitrogens with zero attached hydrogens (tertiary/aromatic N) is 3. The van der Waals surface area contributed by atoms with Gasteiger partial charge < -0.3 is 30.3 Å². The Bertz CT molecular complexity index is 1010. The molecule has 2 fully saturated rings. The summed E-state index contributed by atoms with van der Waals surface area (Å²) in [6.45, 7) is 3.06. The minimum Gasteiger partial charge on any atom is -0.493 e. The van der Waals surface area contributed by atoms with Gasteiger partial charge >= 0.3 is 0 Å². The lowest BCUT2D eigenvalue weighted by Crippen LogP contribution is -2.47. The number of halogens is 1. The number of ether oxygens (including phenoxy) is 2. The maximum atomic E-state index is 11.3. The molecule has 4 rings (SSSR count). The number of anilines is 2. The highest BCUT2D eigenvalue weighted by Gasteiger charge is 2.25. The molecule has 0 radical (unpaired) electrons. The Morgan fingerprint density at radius 3 is 2.39 bits per heavy atom. The van der Waals surface area contributed by atoms with Gasteiger partial charge in [-0.1, -0.05) is 19.3 Å². The van der Waals surface area contributed by atoms with Crippen molar-refractivity contribution < 1.29 is 14.3 Å². The van der Waals surface area contributed by atoms with Crippen molar-refractivity contribution in [3.63, 3.8) is 0 Å². The number of alkyl halides is 1. The molecule has 2 aliphatic rings. The number of hydrogen-bond donors (Lipinski definition) is 3. The van der Waals surface area contributed by atoms with E-state index in [1.54, 1.807) is 14.2 Å². The molecule has 2 heterocycles. The number of fused-ring (bicyclic) bond motifs is 1. The number of carbonyl (C=O) groups excluding carboxylic acids is 1. The van der Waals surface area contributed by atoms with Gasteiger partial charge in [0.25, 0.3) is 0 Å². The van der Waals surface area contributed by atoms with Crippen LogP contribution >= 0.6 is 11.6 Å². The third kappa shape index (κ3) is 6.82. The first-order valence-corrected chi connectivity index (χ1v) is 13.7. The van der Waals surface area contributed by atoms with Crippen LogP contribution in [0.4, 0.5) is 11.8 Å². The molecule has 10 heteroatoms. The summed E-state index contributed by atoms with van der Waals surface area (Å²) in [5, 5.41) is 11.0. The van der Waals surface area contributed by atoms with Crippen LogP contribution in [-0.4, -0.2) is 74.2 Å². The lowest BCUT2D eigenvalue weighted by molar-refractivity contribution is -0.118. The van der Waals surface area contributed by atoms with Crippen molar-refractivity contribution in [3.8, 4) is 11.5 Å². The summed E-state index contributed by atoms with van der Waals surface area (Å²) >= 11 is 5.54. The van der Waals surface area contributed by atoms with Gasteiger partial charge in [0.2, 0.25) is 11.9 Å². The van der Waals surface area contributed by atoms with Gasteiger partial charge in [-0.2, -0.15) is 4.98 Å². The Morgan fingerprint density at radius 2 is 1.69 bits per heavy atom. The summed E-state index contributed by atoms with van der Waals surface area (Å²) in [5.74, 6) is 2.59. The number of piperidine rings is 1. The summed E-state index contributed by atoms with van der Waals surface area (Å²) in [6, 6.07) is 5.12. The number of rotatable bonds is 11. The van der Waals surface area contributed by atoms with E-state index in [2.05, 4.69) is 20.9 Å². The average molecular weight is 519 g/mol. The van der Waals surface area contributed by atoms with Gasteiger partial charge in [0, 0.05) is 49.7 Å². The van der Waals surface area contributed by atoms with Crippen molar-refractivity contribution in [1.29, 1.82) is 0 Å². The van der Waals surface area contributed by atoms with E-state index >= 15 is 0 Å². The fraction of sp³-hybridized carbons (Fsp3) is 0.654. The Hall–Kier alpha value is -2.52. The molecule has 1 aromatic carbocycles. The first-order chi connectivity index (χ1) is 17.6. The highest BCUT2D eigenvalue weighted by Crippen LogP contribution is 2.36. The molecule has 36 heavy (non-hydrogen) atoms. The molecule has 0 atom stereocenters. The van der Waals surface area contributed by atoms with E-state index in [9.17, 15) is 4.79 Å². The summed E-state index contributed by atoms with van der Waals surface area (Å²) in [4.78, 5) is 23.4. The average Bonchev–Trinajstić information content (AvgIpc) is 2.92. The Kier molecular flexibility index (Phi) is 9.69. The predicted octanol–water partition coefficient (Wildman–Crippen LogP) is 3.70. The fourth-order valence-corrected chi connectivity index (χ4v) is 5.28. The molecule has 0 unspecified atom stereocenters. The molecule has 198 valence electrons. The highest BCUT2D eigenvalue weighted by molar-refractivity contribution is 6.27. The quantitative estimate of drug-likeness (QED) is 0.306. The third-order valence-electron chi connectivity index (χ3n) is 7.13. The van der Waals surface area contributed by atoms with Crippen LogP contribution in [0.3, 0.4) is 0 Å². The van der Waals surface area contributed by atoms with E-state index in [-0.39, 0.29) is 11.8 Å². The van der Waals surface area contributed by atoms with Gasteiger partial charge in [0.1, 0.15) is 11.7 Å². The van der Waals surface area contributed by atoms with Gasteiger partial charge in [-0.3, -0.25) is 4.79 Å². The molecule has 1 saturated carbocycles. The molecule has 3 N–H and O–H groups in total. The van der Waals surface area contributed by atoms with Gasteiger partial charge in [0.05, 0.1) is 19.7 Å². The molecule has 1 amide bonds. The van der Waals surface area contributed by atoms with Crippen molar-refractivity contribution in [2.24, 2.45) is 0 Å². The first-order valence-electron chi connectivity index (χ1n) is 13.1. The number of aromatic nitrogens is 2. The molecular weight excluding hydrogens is 480 g/mol. The van der Waals surface area contributed by atoms with Gasteiger partial charge in [0.15, 0.2) is 11.5 Å². The Morgan fingerprint density at radius 1 is 1.00 bits per heavy atom. The van der Waals surface area contributed by atoms with Crippen LogP contribution in [0.15, 0.2) is 12.1 Å². The standard InChI is InChI=1S/C26H39ClN6O3/c1-35-22-15-20-21(16-23(22)36-2)31-26(29-12-6-11-28-24(34)17-27)32-25(20)33-13-9-19(10-14-33)30-18-7-4-3-5-8-18/h15-16,18-19,30H,3-14,17H2,1-2H3,(H,28,34)(H,29,31,32). The van der Waals surface area contributed by atoms with E-state index in [0.29, 0.717) is 42.6 Å². The van der Waals surface area contributed by atoms with Gasteiger partial charge in [-0.25, -0.2) is 4.98 Å². The second kappa shape index (κ2) is 13.1. The molecule has 1 aliphatic carbocycles. The number of methoxy groups -OCH3 is 2. The van der Waals surface area contributed by atoms with E-state index in [1.807, 2.05) is 12.1 Å². The maximum absolute atomic E-state index is 11.3. The zero-order chi connectivity index (χ0) is 25.3. The van der Waals surface area contributed by atoms with Crippen LogP contribution in [0.2, 0.25) is 0 Å². The summed E-state index contributed by atoms with van der Waals surface area (Å²) in [6.07, 6.45) is 9.63. The second-order valence-corrected chi connectivity index (χ2v) is 9.89. The van der Waals surface area contributed by atoms with Crippen LogP contribution in [0.25, 0.3) is 10.9 Å². The molecule has 1 aromatic heterocycles. The molecular formula is C26H39ClN6O3. The van der Waals surface area contributed by atoms with Crippen molar-refractivity contribution in [2.75, 3.05) is 56.5 Å². The molecule has 0 spiro atoms. The van der Waals surface area contributed by atoms with E-state index in [4.69, 9.17) is 31.0 Å². The molecule has 1 saturated heterocycles. The minimum atomic E-state index is -0.164. The van der Waals surface area contributed by atoms with Crippen molar-refractivity contribution >= 4 is 40.2 Å². The zero-order valence-corrected chi connectivity index (χ0v) is 22.2. The van der Waals surface area contributed by atoms with Crippen LogP contribution < -0.4 is 30.3 Å². The van der Waals surface area contributed by atoms with Crippen LogP contribution in [0, 0.1) is 0 Å². The summed E-state index contributed by atoms with van der Waals surface area (Å²) in [7, 11) is 3.27. The first kappa shape index (κ1) is 26.5. The van der Waals surface area contributed by atoms with Crippen LogP contribution in [-0.2, 0) is 4.79 Å². The predicted molar refractivity (Wildman–Crippen MR) is 145 cm³/mol. The lowest BCUT2D eigenvalue weighted by atomic mass is 9.93. The normalized spacial score (nSPS) is 17.2. The monoisotopic (exact) mass is 518 g/mol. The van der Waals surface area contributed by atoms with Gasteiger partial charge in [-0.15, -0.1) is 11.6 Å². The summed E-state index contributed by atoms with van der Waals surface area (Å²) < 4.78 is 11.1. The second-order valence-electron chi connectivity index (χ2n) is 9.62. The zero-order valence-electron chi connectivity index (χ0n) is 21.4. The topological polar surface area (TPSA) is 101 Å². The third-order valence-corrected chi connectivity index (χ3v) is 7.37. The van der Waals surface area contributed by atoms with Crippen molar-refractivity contribution in [2.45, 2.75) is 63.5 Å². The van der Waals surface area contributed by atoms with Gasteiger partial charge in [-0.05, 0) is 38.2 Å². The fourth-order valence-electron chi connectivity index (χ4n) is 5.18.